The van der Waals surface area contributed by atoms with E-state index in [0.29, 0.717) is 18.1 Å². The van der Waals surface area contributed by atoms with Crippen molar-refractivity contribution in [1.29, 1.82) is 0 Å². The van der Waals surface area contributed by atoms with Crippen molar-refractivity contribution in [2.45, 2.75) is 58.1 Å². The van der Waals surface area contributed by atoms with Gasteiger partial charge < -0.3 is 4.74 Å². The molecule has 0 spiro atoms. The first-order valence-electron chi connectivity index (χ1n) is 7.09. The van der Waals surface area contributed by atoms with Crippen LogP contribution in [0.4, 0.5) is 0 Å². The number of nitrogens with one attached hydrogen (secondary N) is 1. The fraction of sp³-hybridized carbons (Fsp3) is 0.800. The zero-order valence-corrected chi connectivity index (χ0v) is 11.6. The molecule has 18 heavy (non-hydrogen) atoms. The Bertz CT molecular complexity index is 424. The molecule has 2 atom stereocenters. The van der Waals surface area contributed by atoms with Crippen molar-refractivity contribution in [3.05, 3.63) is 11.3 Å². The highest BCUT2D eigenvalue weighted by atomic mass is 16.5. The molecule has 0 aromatic rings. The number of fused-ring (bicyclic) bond motifs is 3. The molecular weight excluding hydrogens is 226 g/mol. The maximum atomic E-state index is 12.4. The second-order valence-corrected chi connectivity index (χ2v) is 6.92. The minimum Gasteiger partial charge on any atom is -0.477 e. The van der Waals surface area contributed by atoms with Gasteiger partial charge >= 0.3 is 0 Å². The molecule has 1 heterocycles. The van der Waals surface area contributed by atoms with Crippen LogP contribution in [-0.4, -0.2) is 18.6 Å². The summed E-state index contributed by atoms with van der Waals surface area (Å²) in [7, 11) is 1.98. The number of Topliss-reactive ketones (excluding diaryl/α,β-unsaturated/α-hetero) is 1. The van der Waals surface area contributed by atoms with Crippen LogP contribution in [0.15, 0.2) is 11.3 Å². The SMILES string of the molecule is CN[C@]12CCC[C@@H](C1)C1=C(CC(C)(C)CC1=O)O2. The van der Waals surface area contributed by atoms with E-state index >= 15 is 0 Å². The Labute approximate surface area is 109 Å². The van der Waals surface area contributed by atoms with Crippen molar-refractivity contribution < 1.29 is 9.53 Å². The number of carbonyl (C=O) groups is 1. The molecule has 0 aromatic heterocycles. The summed E-state index contributed by atoms with van der Waals surface area (Å²) >= 11 is 0. The predicted molar refractivity (Wildman–Crippen MR) is 69.9 cm³/mol. The van der Waals surface area contributed by atoms with Gasteiger partial charge in [0, 0.05) is 31.3 Å². The summed E-state index contributed by atoms with van der Waals surface area (Å²) in [6, 6.07) is 0. The van der Waals surface area contributed by atoms with Gasteiger partial charge in [-0.15, -0.1) is 0 Å². The van der Waals surface area contributed by atoms with E-state index in [-0.39, 0.29) is 11.1 Å². The predicted octanol–water partition coefficient (Wildman–Crippen LogP) is 2.77. The number of allylic oxidation sites excluding steroid dienone is 2. The third kappa shape index (κ3) is 1.80. The van der Waals surface area contributed by atoms with Crippen molar-refractivity contribution in [3.63, 3.8) is 0 Å². The molecule has 3 heteroatoms. The van der Waals surface area contributed by atoms with Gasteiger partial charge in [0.15, 0.2) is 11.5 Å². The van der Waals surface area contributed by atoms with Gasteiger partial charge in [-0.2, -0.15) is 0 Å². The molecule has 0 aromatic carbocycles. The van der Waals surface area contributed by atoms with Gasteiger partial charge in [-0.1, -0.05) is 13.8 Å². The highest BCUT2D eigenvalue weighted by Gasteiger charge is 2.48. The van der Waals surface area contributed by atoms with Gasteiger partial charge in [0.2, 0.25) is 0 Å². The molecule has 0 unspecified atom stereocenters. The van der Waals surface area contributed by atoms with E-state index in [0.717, 1.165) is 43.4 Å². The standard InChI is InChI=1S/C15H23NO2/c1-14(2)8-11(17)13-10-5-4-6-15(7-10,16-3)18-12(13)9-14/h10,16H,4-9H2,1-3H3/t10-,15-/m0/s1. The monoisotopic (exact) mass is 249 g/mol. The number of hydrogen-bond donors (Lipinski definition) is 1. The molecule has 2 bridgehead atoms. The zero-order chi connectivity index (χ0) is 13.0. The fourth-order valence-electron chi connectivity index (χ4n) is 3.91. The van der Waals surface area contributed by atoms with E-state index in [2.05, 4.69) is 19.2 Å². The minimum absolute atomic E-state index is 0.0521. The number of ether oxygens (including phenoxy) is 1. The molecule has 100 valence electrons. The van der Waals surface area contributed by atoms with E-state index in [1.165, 1.54) is 0 Å². The van der Waals surface area contributed by atoms with Gasteiger partial charge in [0.25, 0.3) is 0 Å². The maximum absolute atomic E-state index is 12.4. The van der Waals surface area contributed by atoms with Crippen LogP contribution in [0, 0.1) is 11.3 Å². The molecule has 1 aliphatic heterocycles. The largest absolute Gasteiger partial charge is 0.477 e. The van der Waals surface area contributed by atoms with Gasteiger partial charge in [-0.3, -0.25) is 10.1 Å². The Hall–Kier alpha value is -0.830. The summed E-state index contributed by atoms with van der Waals surface area (Å²) < 4.78 is 6.25. The number of carbonyl (C=O) groups excluding carboxylic acids is 1. The average molecular weight is 249 g/mol. The fourth-order valence-corrected chi connectivity index (χ4v) is 3.91. The van der Waals surface area contributed by atoms with E-state index < -0.39 is 0 Å². The summed E-state index contributed by atoms with van der Waals surface area (Å²) in [5.74, 6) is 1.75. The molecular formula is C15H23NO2. The summed E-state index contributed by atoms with van der Waals surface area (Å²) in [5, 5.41) is 3.36. The molecule has 1 fully saturated rings. The lowest BCUT2D eigenvalue weighted by atomic mass is 9.68. The Morgan fingerprint density at radius 2 is 2.11 bits per heavy atom. The normalized spacial score (nSPS) is 38.2. The Morgan fingerprint density at radius 3 is 2.83 bits per heavy atom. The third-order valence-corrected chi connectivity index (χ3v) is 4.77. The molecule has 1 N–H and O–H groups in total. The van der Waals surface area contributed by atoms with E-state index in [1.54, 1.807) is 0 Å². The number of rotatable bonds is 1. The van der Waals surface area contributed by atoms with Crippen molar-refractivity contribution in [2.24, 2.45) is 11.3 Å². The van der Waals surface area contributed by atoms with E-state index in [1.807, 2.05) is 7.05 Å². The Kier molecular flexibility index (Phi) is 2.60. The van der Waals surface area contributed by atoms with Crippen LogP contribution in [0.5, 0.6) is 0 Å². The van der Waals surface area contributed by atoms with Crippen LogP contribution in [-0.2, 0) is 9.53 Å². The molecule has 2 aliphatic carbocycles. The second-order valence-electron chi connectivity index (χ2n) is 6.92. The van der Waals surface area contributed by atoms with Crippen LogP contribution in [0.3, 0.4) is 0 Å². The van der Waals surface area contributed by atoms with Crippen molar-refractivity contribution >= 4 is 5.78 Å². The lowest BCUT2D eigenvalue weighted by Crippen LogP contribution is -2.53. The summed E-state index contributed by atoms with van der Waals surface area (Å²) in [5.41, 5.74) is 0.881. The molecule has 1 saturated carbocycles. The van der Waals surface area contributed by atoms with Gasteiger partial charge in [-0.25, -0.2) is 0 Å². The van der Waals surface area contributed by atoms with Crippen LogP contribution in [0.25, 0.3) is 0 Å². The third-order valence-electron chi connectivity index (χ3n) is 4.77. The van der Waals surface area contributed by atoms with Crippen molar-refractivity contribution in [1.82, 2.24) is 5.32 Å². The summed E-state index contributed by atoms with van der Waals surface area (Å²) in [6.45, 7) is 4.32. The van der Waals surface area contributed by atoms with Crippen molar-refractivity contribution in [2.75, 3.05) is 7.05 Å². The van der Waals surface area contributed by atoms with Crippen LogP contribution in [0.1, 0.15) is 52.4 Å². The van der Waals surface area contributed by atoms with Gasteiger partial charge in [0.05, 0.1) is 0 Å². The molecule has 0 saturated heterocycles. The van der Waals surface area contributed by atoms with Crippen LogP contribution >= 0.6 is 0 Å². The van der Waals surface area contributed by atoms with Crippen LogP contribution < -0.4 is 5.32 Å². The molecule has 0 amide bonds. The lowest BCUT2D eigenvalue weighted by molar-refractivity contribution is -0.127. The highest BCUT2D eigenvalue weighted by molar-refractivity contribution is 5.97. The molecule has 0 radical (unpaired) electrons. The smallest absolute Gasteiger partial charge is 0.163 e. The first-order chi connectivity index (χ1) is 8.45. The number of ketones is 1. The van der Waals surface area contributed by atoms with Crippen LogP contribution in [0.2, 0.25) is 0 Å². The molecule has 3 aliphatic rings. The second kappa shape index (κ2) is 3.83. The van der Waals surface area contributed by atoms with E-state index in [4.69, 9.17) is 4.74 Å². The Morgan fingerprint density at radius 1 is 1.33 bits per heavy atom. The van der Waals surface area contributed by atoms with E-state index in [9.17, 15) is 4.79 Å². The summed E-state index contributed by atoms with van der Waals surface area (Å²) in [4.78, 5) is 12.4. The Balaban J connectivity index is 2.01. The quantitative estimate of drug-likeness (QED) is 0.776. The first-order valence-corrected chi connectivity index (χ1v) is 7.09. The zero-order valence-electron chi connectivity index (χ0n) is 11.6. The average Bonchev–Trinajstić information content (AvgIpc) is 2.26. The lowest BCUT2D eigenvalue weighted by Gasteiger charge is -2.49. The first kappa shape index (κ1) is 12.2. The van der Waals surface area contributed by atoms with Gasteiger partial charge in [0.1, 0.15) is 5.76 Å². The number of hydrogen-bond acceptors (Lipinski definition) is 3. The molecule has 3 nitrogen and oxygen atoms in total. The minimum atomic E-state index is -0.199. The maximum Gasteiger partial charge on any atom is 0.163 e. The topological polar surface area (TPSA) is 38.3 Å². The molecule has 3 rings (SSSR count). The highest BCUT2D eigenvalue weighted by Crippen LogP contribution is 2.50. The van der Waals surface area contributed by atoms with Crippen molar-refractivity contribution in [3.8, 4) is 0 Å². The summed E-state index contributed by atoms with van der Waals surface area (Å²) in [6.07, 6.45) is 5.92. The van der Waals surface area contributed by atoms with Gasteiger partial charge in [-0.05, 0) is 31.2 Å².